The van der Waals surface area contributed by atoms with Gasteiger partial charge < -0.3 is 15.5 Å². The van der Waals surface area contributed by atoms with Crippen molar-refractivity contribution in [3.8, 4) is 11.1 Å². The van der Waals surface area contributed by atoms with Gasteiger partial charge in [-0.3, -0.25) is 4.79 Å². The standard InChI is InChI=1S/C16H20N6O2/c1-16(2)8-21(9-16)15(24)22-7-11(6-20-22)12-4-5-18-14(19-10-23)13(12)17-3/h4-7,10,17H,8-9H2,1-3H3,(H,18,19,23). The summed E-state index contributed by atoms with van der Waals surface area (Å²) >= 11 is 0. The summed E-state index contributed by atoms with van der Waals surface area (Å²) in [5, 5.41) is 9.76. The number of hydrogen-bond acceptors (Lipinski definition) is 5. The second kappa shape index (κ2) is 5.95. The third kappa shape index (κ3) is 2.82. The van der Waals surface area contributed by atoms with Crippen molar-refractivity contribution in [2.24, 2.45) is 5.41 Å². The molecule has 8 nitrogen and oxygen atoms in total. The van der Waals surface area contributed by atoms with Crippen molar-refractivity contribution in [2.75, 3.05) is 30.8 Å². The monoisotopic (exact) mass is 328 g/mol. The molecule has 0 aliphatic carbocycles. The molecule has 2 N–H and O–H groups in total. The summed E-state index contributed by atoms with van der Waals surface area (Å²) in [6.07, 6.45) is 5.49. The number of likely N-dealkylation sites (tertiary alicyclic amines) is 1. The highest BCUT2D eigenvalue weighted by molar-refractivity contribution is 5.89. The summed E-state index contributed by atoms with van der Waals surface area (Å²) < 4.78 is 1.34. The Bertz CT molecular complexity index is 775. The number of hydrogen-bond donors (Lipinski definition) is 2. The third-order valence-corrected chi connectivity index (χ3v) is 3.99. The van der Waals surface area contributed by atoms with Gasteiger partial charge in [-0.05, 0) is 6.07 Å². The summed E-state index contributed by atoms with van der Waals surface area (Å²) in [5.41, 5.74) is 2.41. The molecular formula is C16H20N6O2. The molecule has 2 aromatic rings. The smallest absolute Gasteiger partial charge is 0.344 e. The van der Waals surface area contributed by atoms with E-state index in [0.29, 0.717) is 17.9 Å². The summed E-state index contributed by atoms with van der Waals surface area (Å²) in [5.74, 6) is 0.425. The quantitative estimate of drug-likeness (QED) is 0.836. The topological polar surface area (TPSA) is 92.2 Å². The molecule has 0 bridgehead atoms. The van der Waals surface area contributed by atoms with Gasteiger partial charge in [-0.1, -0.05) is 13.8 Å². The average Bonchev–Trinajstić information content (AvgIpc) is 3.01. The normalized spacial score (nSPS) is 15.5. The van der Waals surface area contributed by atoms with Gasteiger partial charge in [-0.15, -0.1) is 0 Å². The highest BCUT2D eigenvalue weighted by Crippen LogP contribution is 2.33. The van der Waals surface area contributed by atoms with Crippen LogP contribution in [-0.2, 0) is 4.79 Å². The lowest BCUT2D eigenvalue weighted by atomic mass is 9.85. The number of anilines is 2. The molecule has 1 saturated heterocycles. The van der Waals surface area contributed by atoms with Crippen LogP contribution in [0.4, 0.5) is 16.3 Å². The maximum atomic E-state index is 12.4. The van der Waals surface area contributed by atoms with Crippen LogP contribution >= 0.6 is 0 Å². The zero-order chi connectivity index (χ0) is 17.3. The van der Waals surface area contributed by atoms with E-state index in [1.165, 1.54) is 4.68 Å². The molecule has 3 rings (SSSR count). The lowest BCUT2D eigenvalue weighted by molar-refractivity contribution is -0.105. The van der Waals surface area contributed by atoms with Crippen molar-refractivity contribution >= 4 is 23.9 Å². The maximum Gasteiger partial charge on any atom is 0.344 e. The number of pyridine rings is 1. The van der Waals surface area contributed by atoms with Gasteiger partial charge in [0, 0.05) is 49.1 Å². The number of carbonyl (C=O) groups is 2. The molecule has 0 saturated carbocycles. The molecular weight excluding hydrogens is 308 g/mol. The minimum absolute atomic E-state index is 0.133. The van der Waals surface area contributed by atoms with Crippen LogP contribution in [0.2, 0.25) is 0 Å². The summed E-state index contributed by atoms with van der Waals surface area (Å²) in [6.45, 7) is 5.71. The van der Waals surface area contributed by atoms with E-state index >= 15 is 0 Å². The van der Waals surface area contributed by atoms with Crippen LogP contribution < -0.4 is 10.6 Å². The number of nitrogens with zero attached hydrogens (tertiary/aromatic N) is 4. The average molecular weight is 328 g/mol. The van der Waals surface area contributed by atoms with Crippen molar-refractivity contribution in [2.45, 2.75) is 13.8 Å². The second-order valence-corrected chi connectivity index (χ2v) is 6.57. The first kappa shape index (κ1) is 16.0. The second-order valence-electron chi connectivity index (χ2n) is 6.57. The number of nitrogens with one attached hydrogen (secondary N) is 2. The third-order valence-electron chi connectivity index (χ3n) is 3.99. The number of aromatic nitrogens is 3. The van der Waals surface area contributed by atoms with E-state index in [4.69, 9.17) is 0 Å². The van der Waals surface area contributed by atoms with Gasteiger partial charge in [0.05, 0.1) is 11.9 Å². The Morgan fingerprint density at radius 1 is 1.38 bits per heavy atom. The Labute approximate surface area is 139 Å². The first-order valence-electron chi connectivity index (χ1n) is 7.66. The van der Waals surface area contributed by atoms with E-state index in [9.17, 15) is 9.59 Å². The molecule has 1 aliphatic rings. The first-order valence-corrected chi connectivity index (χ1v) is 7.66. The van der Waals surface area contributed by atoms with Crippen LogP contribution in [0.5, 0.6) is 0 Å². The molecule has 24 heavy (non-hydrogen) atoms. The highest BCUT2D eigenvalue weighted by atomic mass is 16.2. The lowest BCUT2D eigenvalue weighted by Gasteiger charge is -2.45. The summed E-state index contributed by atoms with van der Waals surface area (Å²) in [4.78, 5) is 29.0. The fourth-order valence-corrected chi connectivity index (χ4v) is 2.95. The minimum atomic E-state index is -0.133. The predicted octanol–water partition coefficient (Wildman–Crippen LogP) is 1.86. The molecule has 0 radical (unpaired) electrons. The van der Waals surface area contributed by atoms with Crippen LogP contribution in [0.3, 0.4) is 0 Å². The van der Waals surface area contributed by atoms with Crippen molar-refractivity contribution in [1.82, 2.24) is 19.7 Å². The van der Waals surface area contributed by atoms with E-state index in [1.54, 1.807) is 36.6 Å². The molecule has 2 amide bonds. The van der Waals surface area contributed by atoms with E-state index in [-0.39, 0.29) is 11.4 Å². The molecule has 1 fully saturated rings. The van der Waals surface area contributed by atoms with Gasteiger partial charge in [0.15, 0.2) is 5.82 Å². The molecule has 0 spiro atoms. The van der Waals surface area contributed by atoms with Gasteiger partial charge in [0.25, 0.3) is 0 Å². The number of amides is 2. The summed E-state index contributed by atoms with van der Waals surface area (Å²) in [6, 6.07) is 1.67. The van der Waals surface area contributed by atoms with Crippen LogP contribution in [0, 0.1) is 5.41 Å². The Hall–Kier alpha value is -2.90. The van der Waals surface area contributed by atoms with Crippen LogP contribution in [0.1, 0.15) is 13.8 Å². The van der Waals surface area contributed by atoms with Gasteiger partial charge in [-0.2, -0.15) is 9.78 Å². The van der Waals surface area contributed by atoms with Crippen molar-refractivity contribution in [3.63, 3.8) is 0 Å². The SMILES string of the molecule is CNc1c(-c2cnn(C(=O)N3CC(C)(C)C3)c2)ccnc1NC=O. The molecule has 8 heteroatoms. The van der Waals surface area contributed by atoms with Gasteiger partial charge >= 0.3 is 6.03 Å². The van der Waals surface area contributed by atoms with Crippen LogP contribution in [0.25, 0.3) is 11.1 Å². The van der Waals surface area contributed by atoms with E-state index < -0.39 is 0 Å². The minimum Gasteiger partial charge on any atom is -0.385 e. The Balaban J connectivity index is 1.87. The van der Waals surface area contributed by atoms with Crippen molar-refractivity contribution < 1.29 is 9.59 Å². The van der Waals surface area contributed by atoms with Gasteiger partial charge in [0.1, 0.15) is 0 Å². The fourth-order valence-electron chi connectivity index (χ4n) is 2.95. The van der Waals surface area contributed by atoms with E-state index in [2.05, 4.69) is 34.6 Å². The molecule has 2 aromatic heterocycles. The van der Waals surface area contributed by atoms with E-state index in [1.807, 2.05) is 0 Å². The summed E-state index contributed by atoms with van der Waals surface area (Å²) in [7, 11) is 1.74. The molecule has 126 valence electrons. The van der Waals surface area contributed by atoms with Crippen molar-refractivity contribution in [1.29, 1.82) is 0 Å². The first-order chi connectivity index (χ1) is 11.4. The van der Waals surface area contributed by atoms with Crippen molar-refractivity contribution in [3.05, 3.63) is 24.7 Å². The van der Waals surface area contributed by atoms with Crippen LogP contribution in [0.15, 0.2) is 24.7 Å². The zero-order valence-corrected chi connectivity index (χ0v) is 13.9. The lowest BCUT2D eigenvalue weighted by Crippen LogP contribution is -2.56. The fraction of sp³-hybridized carbons (Fsp3) is 0.375. The van der Waals surface area contributed by atoms with Crippen LogP contribution in [-0.4, -0.2) is 52.2 Å². The van der Waals surface area contributed by atoms with E-state index in [0.717, 1.165) is 24.2 Å². The predicted molar refractivity (Wildman–Crippen MR) is 90.8 cm³/mol. The molecule has 3 heterocycles. The Morgan fingerprint density at radius 3 is 2.75 bits per heavy atom. The maximum absolute atomic E-state index is 12.4. The number of rotatable bonds is 4. The molecule has 0 aromatic carbocycles. The highest BCUT2D eigenvalue weighted by Gasteiger charge is 2.38. The number of carbonyl (C=O) groups excluding carboxylic acids is 2. The largest absolute Gasteiger partial charge is 0.385 e. The molecule has 1 aliphatic heterocycles. The Morgan fingerprint density at radius 2 is 2.12 bits per heavy atom. The molecule has 0 atom stereocenters. The van der Waals surface area contributed by atoms with Gasteiger partial charge in [0.2, 0.25) is 6.41 Å². The van der Waals surface area contributed by atoms with Gasteiger partial charge in [-0.25, -0.2) is 9.78 Å². The molecule has 0 unspecified atom stereocenters. The Kier molecular flexibility index (Phi) is 3.96. The zero-order valence-electron chi connectivity index (χ0n) is 13.9.